The van der Waals surface area contributed by atoms with Crippen LogP contribution in [-0.4, -0.2) is 18.4 Å². The number of sulfonamides is 1. The second-order valence-electron chi connectivity index (χ2n) is 6.22. The van der Waals surface area contributed by atoms with Gasteiger partial charge in [0.05, 0.1) is 22.8 Å². The average Bonchev–Trinajstić information content (AvgIpc) is 2.59. The molecule has 1 aromatic heterocycles. The number of ether oxygens (including phenoxy) is 1. The molecule has 0 radical (unpaired) electrons. The van der Waals surface area contributed by atoms with E-state index in [1.165, 1.54) is 32.0 Å². The van der Waals surface area contributed by atoms with E-state index in [0.717, 1.165) is 12.1 Å². The summed E-state index contributed by atoms with van der Waals surface area (Å²) in [4.78, 5) is 8.09. The summed E-state index contributed by atoms with van der Waals surface area (Å²) in [5.41, 5.74) is 0.518. The van der Waals surface area contributed by atoms with Crippen LogP contribution in [0.5, 0.6) is 11.8 Å². The molecular formula is C19H16F3N3O3S. The quantitative estimate of drug-likeness (QED) is 0.641. The molecule has 0 spiro atoms. The fourth-order valence-corrected chi connectivity index (χ4v) is 3.89. The summed E-state index contributed by atoms with van der Waals surface area (Å²) >= 11 is 0. The van der Waals surface area contributed by atoms with E-state index in [1.54, 1.807) is 6.07 Å². The highest BCUT2D eigenvalue weighted by Crippen LogP contribution is 2.26. The van der Waals surface area contributed by atoms with Crippen LogP contribution >= 0.6 is 0 Å². The van der Waals surface area contributed by atoms with Crippen LogP contribution in [0.1, 0.15) is 17.0 Å². The Morgan fingerprint density at radius 1 is 0.966 bits per heavy atom. The molecule has 3 rings (SSSR count). The molecule has 0 aliphatic rings. The van der Waals surface area contributed by atoms with E-state index < -0.39 is 33.2 Å². The number of rotatable bonds is 6. The number of nitrogens with zero attached hydrogens (tertiary/aromatic N) is 2. The highest BCUT2D eigenvalue weighted by molar-refractivity contribution is 7.91. The van der Waals surface area contributed by atoms with Gasteiger partial charge in [-0.25, -0.2) is 21.6 Å². The molecule has 152 valence electrons. The van der Waals surface area contributed by atoms with Crippen molar-refractivity contribution in [3.63, 3.8) is 0 Å². The first-order valence-corrected chi connectivity index (χ1v) is 10.0. The molecule has 0 aliphatic carbocycles. The van der Waals surface area contributed by atoms with Crippen molar-refractivity contribution < 1.29 is 26.3 Å². The number of hydrogen-bond acceptors (Lipinski definition) is 5. The Bertz CT molecular complexity index is 1130. The van der Waals surface area contributed by atoms with Gasteiger partial charge < -0.3 is 4.74 Å². The average molecular weight is 423 g/mol. The van der Waals surface area contributed by atoms with Gasteiger partial charge in [0.15, 0.2) is 11.6 Å². The molecular weight excluding hydrogens is 407 g/mol. The maximum atomic E-state index is 13.7. The van der Waals surface area contributed by atoms with E-state index in [1.807, 2.05) is 0 Å². The Morgan fingerprint density at radius 2 is 1.55 bits per heavy atom. The third-order valence-corrected chi connectivity index (χ3v) is 5.05. The first-order chi connectivity index (χ1) is 13.6. The van der Waals surface area contributed by atoms with Gasteiger partial charge in [-0.15, -0.1) is 0 Å². The van der Waals surface area contributed by atoms with Crippen LogP contribution in [0.15, 0.2) is 42.5 Å². The van der Waals surface area contributed by atoms with Crippen molar-refractivity contribution in [3.05, 3.63) is 76.9 Å². The molecule has 2 aromatic carbocycles. The SMILES string of the molecule is Cc1nc(Oc2ccccc2F)nc(C)c1NS(=O)(=O)Cc1cc(F)cc(F)c1. The third-order valence-electron chi connectivity index (χ3n) is 3.82. The summed E-state index contributed by atoms with van der Waals surface area (Å²) in [6.45, 7) is 3.03. The van der Waals surface area contributed by atoms with E-state index in [-0.39, 0.29) is 34.4 Å². The van der Waals surface area contributed by atoms with Crippen molar-refractivity contribution in [1.82, 2.24) is 9.97 Å². The van der Waals surface area contributed by atoms with Gasteiger partial charge in [0, 0.05) is 6.07 Å². The van der Waals surface area contributed by atoms with Crippen LogP contribution < -0.4 is 9.46 Å². The molecule has 3 aromatic rings. The minimum absolute atomic E-state index is 0.0502. The third kappa shape index (κ3) is 5.23. The highest BCUT2D eigenvalue weighted by Gasteiger charge is 2.19. The van der Waals surface area contributed by atoms with Crippen LogP contribution in [0.3, 0.4) is 0 Å². The van der Waals surface area contributed by atoms with Gasteiger partial charge in [0.1, 0.15) is 11.6 Å². The van der Waals surface area contributed by atoms with Crippen molar-refractivity contribution in [2.24, 2.45) is 0 Å². The van der Waals surface area contributed by atoms with E-state index >= 15 is 0 Å². The maximum absolute atomic E-state index is 13.7. The van der Waals surface area contributed by atoms with Crippen molar-refractivity contribution in [2.45, 2.75) is 19.6 Å². The van der Waals surface area contributed by atoms with Crippen LogP contribution in [0.2, 0.25) is 0 Å². The van der Waals surface area contributed by atoms with Gasteiger partial charge in [-0.05, 0) is 43.7 Å². The number of benzene rings is 2. The summed E-state index contributed by atoms with van der Waals surface area (Å²) in [6.07, 6.45) is 0. The highest BCUT2D eigenvalue weighted by atomic mass is 32.2. The zero-order valence-electron chi connectivity index (χ0n) is 15.4. The lowest BCUT2D eigenvalue weighted by atomic mass is 10.2. The summed E-state index contributed by atoms with van der Waals surface area (Å²) in [7, 11) is -4.01. The van der Waals surface area contributed by atoms with Crippen LogP contribution in [0.4, 0.5) is 18.9 Å². The molecule has 0 saturated carbocycles. The largest absolute Gasteiger partial charge is 0.421 e. The Morgan fingerprint density at radius 3 is 2.14 bits per heavy atom. The smallest absolute Gasteiger partial charge is 0.322 e. The lowest BCUT2D eigenvalue weighted by Crippen LogP contribution is -2.18. The van der Waals surface area contributed by atoms with Crippen molar-refractivity contribution >= 4 is 15.7 Å². The predicted octanol–water partition coefficient (Wildman–Crippen LogP) is 4.24. The van der Waals surface area contributed by atoms with E-state index in [4.69, 9.17) is 4.74 Å². The molecule has 0 atom stereocenters. The minimum Gasteiger partial charge on any atom is -0.421 e. The van der Waals surface area contributed by atoms with Gasteiger partial charge in [-0.1, -0.05) is 12.1 Å². The summed E-state index contributed by atoms with van der Waals surface area (Å²) in [5.74, 6) is -3.07. The zero-order valence-corrected chi connectivity index (χ0v) is 16.2. The lowest BCUT2D eigenvalue weighted by molar-refractivity contribution is 0.409. The molecule has 0 aliphatic heterocycles. The number of hydrogen-bond donors (Lipinski definition) is 1. The Kier molecular flexibility index (Phi) is 5.73. The molecule has 0 bridgehead atoms. The Hall–Kier alpha value is -3.14. The molecule has 0 saturated heterocycles. The standard InChI is InChI=1S/C19H16F3N3O3S/c1-11-18(25-29(26,27)10-13-7-14(20)9-15(21)8-13)12(2)24-19(23-11)28-17-6-4-3-5-16(17)22/h3-9,25H,10H2,1-2H3. The predicted molar refractivity (Wildman–Crippen MR) is 101 cm³/mol. The lowest BCUT2D eigenvalue weighted by Gasteiger charge is -2.14. The van der Waals surface area contributed by atoms with Gasteiger partial charge in [0.2, 0.25) is 10.0 Å². The van der Waals surface area contributed by atoms with Crippen LogP contribution in [-0.2, 0) is 15.8 Å². The molecule has 1 N–H and O–H groups in total. The monoisotopic (exact) mass is 423 g/mol. The number of nitrogens with one attached hydrogen (secondary N) is 1. The molecule has 0 unspecified atom stereocenters. The normalized spacial score (nSPS) is 11.3. The second kappa shape index (κ2) is 8.08. The zero-order chi connectivity index (χ0) is 21.2. The van der Waals surface area contributed by atoms with Gasteiger partial charge in [-0.3, -0.25) is 4.72 Å². The first-order valence-electron chi connectivity index (χ1n) is 8.36. The molecule has 10 heteroatoms. The number of anilines is 1. The summed E-state index contributed by atoms with van der Waals surface area (Å²) < 4.78 is 72.8. The number of para-hydroxylation sites is 1. The van der Waals surface area contributed by atoms with Crippen LogP contribution in [0.25, 0.3) is 0 Å². The summed E-state index contributed by atoms with van der Waals surface area (Å²) in [6, 6.07) is 8.07. The van der Waals surface area contributed by atoms with E-state index in [9.17, 15) is 21.6 Å². The molecule has 1 heterocycles. The topological polar surface area (TPSA) is 81.2 Å². The molecule has 0 fully saturated rings. The van der Waals surface area contributed by atoms with Gasteiger partial charge in [0.25, 0.3) is 0 Å². The molecule has 6 nitrogen and oxygen atoms in total. The first kappa shape index (κ1) is 20.6. The van der Waals surface area contributed by atoms with Crippen LogP contribution in [0, 0.1) is 31.3 Å². The number of aryl methyl sites for hydroxylation is 2. The van der Waals surface area contributed by atoms with Crippen molar-refractivity contribution in [3.8, 4) is 11.8 Å². The molecule has 0 amide bonds. The maximum Gasteiger partial charge on any atom is 0.322 e. The van der Waals surface area contributed by atoms with E-state index in [0.29, 0.717) is 6.07 Å². The van der Waals surface area contributed by atoms with Crippen molar-refractivity contribution in [1.29, 1.82) is 0 Å². The Labute approximate surface area is 165 Å². The van der Waals surface area contributed by atoms with Crippen molar-refractivity contribution in [2.75, 3.05) is 4.72 Å². The molecule has 29 heavy (non-hydrogen) atoms. The van der Waals surface area contributed by atoms with E-state index in [2.05, 4.69) is 14.7 Å². The minimum atomic E-state index is -4.01. The fourth-order valence-electron chi connectivity index (χ4n) is 2.61. The van der Waals surface area contributed by atoms with Gasteiger partial charge in [-0.2, -0.15) is 9.97 Å². The summed E-state index contributed by atoms with van der Waals surface area (Å²) in [5, 5.41) is 0. The number of halogens is 3. The fraction of sp³-hybridized carbons (Fsp3) is 0.158. The second-order valence-corrected chi connectivity index (χ2v) is 7.95. The Balaban J connectivity index is 1.82. The number of aromatic nitrogens is 2. The van der Waals surface area contributed by atoms with Gasteiger partial charge >= 0.3 is 6.01 Å².